The zero-order chi connectivity index (χ0) is 15.6. The Morgan fingerprint density at radius 2 is 1.86 bits per heavy atom. The molecule has 0 aromatic heterocycles. The molecule has 0 unspecified atom stereocenters. The number of nitrogens with two attached hydrogens (primary N) is 1. The van der Waals surface area contributed by atoms with Crippen LogP contribution in [0.1, 0.15) is 21.5 Å². The summed E-state index contributed by atoms with van der Waals surface area (Å²) in [6.45, 7) is 3.83. The number of amides is 1. The summed E-state index contributed by atoms with van der Waals surface area (Å²) in [5.41, 5.74) is 10.8. The van der Waals surface area contributed by atoms with Crippen molar-refractivity contribution in [1.29, 1.82) is 0 Å². The third kappa shape index (κ3) is 3.16. The number of rotatable bonds is 3. The van der Waals surface area contributed by atoms with Gasteiger partial charge in [0.15, 0.2) is 0 Å². The number of benzene rings is 2. The number of hydrogen-bond donors (Lipinski definition) is 2. The van der Waals surface area contributed by atoms with Crippen molar-refractivity contribution in [2.75, 3.05) is 30.0 Å². The lowest BCUT2D eigenvalue weighted by Gasteiger charge is -2.16. The molecule has 0 fully saturated rings. The van der Waals surface area contributed by atoms with E-state index in [0.29, 0.717) is 11.3 Å². The van der Waals surface area contributed by atoms with Gasteiger partial charge in [-0.1, -0.05) is 6.07 Å². The summed E-state index contributed by atoms with van der Waals surface area (Å²) in [7, 11) is 3.98. The van der Waals surface area contributed by atoms with Crippen LogP contribution in [0, 0.1) is 13.8 Å². The summed E-state index contributed by atoms with van der Waals surface area (Å²) in [6.07, 6.45) is 0. The Hall–Kier alpha value is -2.49. The molecule has 0 heterocycles. The van der Waals surface area contributed by atoms with Crippen LogP contribution in [0.15, 0.2) is 36.4 Å². The Balaban J connectivity index is 2.26. The first-order valence-corrected chi connectivity index (χ1v) is 6.84. The van der Waals surface area contributed by atoms with E-state index < -0.39 is 0 Å². The van der Waals surface area contributed by atoms with Crippen LogP contribution in [-0.2, 0) is 0 Å². The Kier molecular flexibility index (Phi) is 4.17. The summed E-state index contributed by atoms with van der Waals surface area (Å²) >= 11 is 0. The fraction of sp³-hybridized carbons (Fsp3) is 0.235. The predicted molar refractivity (Wildman–Crippen MR) is 89.1 cm³/mol. The molecular formula is C17H21N3O. The molecule has 4 heteroatoms. The monoisotopic (exact) mass is 283 g/mol. The lowest BCUT2D eigenvalue weighted by molar-refractivity contribution is 0.102. The molecule has 110 valence electrons. The van der Waals surface area contributed by atoms with Crippen LogP contribution in [-0.4, -0.2) is 20.0 Å². The van der Waals surface area contributed by atoms with Gasteiger partial charge in [-0.05, 0) is 55.3 Å². The van der Waals surface area contributed by atoms with Crippen LogP contribution in [0.5, 0.6) is 0 Å². The Morgan fingerprint density at radius 3 is 2.48 bits per heavy atom. The first kappa shape index (κ1) is 14.9. The van der Waals surface area contributed by atoms with Gasteiger partial charge in [-0.25, -0.2) is 0 Å². The first-order valence-electron chi connectivity index (χ1n) is 6.84. The SMILES string of the molecule is Cc1cc(N(C)C)ccc1NC(=O)c1cccc(N)c1C. The van der Waals surface area contributed by atoms with E-state index in [-0.39, 0.29) is 5.91 Å². The number of nitrogens with one attached hydrogen (secondary N) is 1. The largest absolute Gasteiger partial charge is 0.398 e. The third-order valence-corrected chi connectivity index (χ3v) is 3.59. The number of carbonyl (C=O) groups is 1. The molecule has 21 heavy (non-hydrogen) atoms. The summed E-state index contributed by atoms with van der Waals surface area (Å²) in [5, 5.41) is 2.95. The number of hydrogen-bond acceptors (Lipinski definition) is 3. The van der Waals surface area contributed by atoms with Crippen molar-refractivity contribution < 1.29 is 4.79 Å². The van der Waals surface area contributed by atoms with E-state index in [1.165, 1.54) is 0 Å². The fourth-order valence-corrected chi connectivity index (χ4v) is 2.16. The summed E-state index contributed by atoms with van der Waals surface area (Å²) in [6, 6.07) is 11.3. The predicted octanol–water partition coefficient (Wildman–Crippen LogP) is 3.20. The quantitative estimate of drug-likeness (QED) is 0.850. The van der Waals surface area contributed by atoms with Crippen molar-refractivity contribution in [2.24, 2.45) is 0 Å². The van der Waals surface area contributed by atoms with Crippen molar-refractivity contribution in [3.8, 4) is 0 Å². The van der Waals surface area contributed by atoms with Crippen molar-refractivity contribution in [3.63, 3.8) is 0 Å². The summed E-state index contributed by atoms with van der Waals surface area (Å²) in [4.78, 5) is 14.4. The van der Waals surface area contributed by atoms with Crippen LogP contribution in [0.2, 0.25) is 0 Å². The molecule has 2 aromatic carbocycles. The highest BCUT2D eigenvalue weighted by Crippen LogP contribution is 2.23. The van der Waals surface area contributed by atoms with E-state index in [9.17, 15) is 4.79 Å². The second kappa shape index (κ2) is 5.87. The van der Waals surface area contributed by atoms with Crippen molar-refractivity contribution in [3.05, 3.63) is 53.1 Å². The lowest BCUT2D eigenvalue weighted by Crippen LogP contribution is -2.15. The van der Waals surface area contributed by atoms with Gasteiger partial charge >= 0.3 is 0 Å². The molecule has 0 spiro atoms. The minimum Gasteiger partial charge on any atom is -0.398 e. The maximum absolute atomic E-state index is 12.4. The third-order valence-electron chi connectivity index (χ3n) is 3.59. The van der Waals surface area contributed by atoms with Crippen LogP contribution in [0.4, 0.5) is 17.1 Å². The molecule has 0 aliphatic heterocycles. The van der Waals surface area contributed by atoms with Crippen LogP contribution in [0.3, 0.4) is 0 Å². The van der Waals surface area contributed by atoms with Crippen molar-refractivity contribution >= 4 is 23.0 Å². The molecule has 0 atom stereocenters. The van der Waals surface area contributed by atoms with Gasteiger partial charge in [0.1, 0.15) is 0 Å². The molecule has 2 rings (SSSR count). The molecule has 4 nitrogen and oxygen atoms in total. The summed E-state index contributed by atoms with van der Waals surface area (Å²) < 4.78 is 0. The van der Waals surface area contributed by atoms with Gasteiger partial charge < -0.3 is 16.0 Å². The maximum atomic E-state index is 12.4. The maximum Gasteiger partial charge on any atom is 0.256 e. The normalized spacial score (nSPS) is 10.3. The molecule has 2 aromatic rings. The smallest absolute Gasteiger partial charge is 0.256 e. The molecule has 0 saturated carbocycles. The molecule has 0 aliphatic carbocycles. The van der Waals surface area contributed by atoms with E-state index in [4.69, 9.17) is 5.73 Å². The van der Waals surface area contributed by atoms with Gasteiger partial charge in [0, 0.05) is 36.7 Å². The minimum absolute atomic E-state index is 0.138. The van der Waals surface area contributed by atoms with E-state index in [1.807, 2.05) is 51.0 Å². The zero-order valence-electron chi connectivity index (χ0n) is 12.9. The average Bonchev–Trinajstić information content (AvgIpc) is 2.43. The van der Waals surface area contributed by atoms with Gasteiger partial charge in [-0.15, -0.1) is 0 Å². The minimum atomic E-state index is -0.138. The number of nitrogens with zero attached hydrogens (tertiary/aromatic N) is 1. The number of anilines is 3. The summed E-state index contributed by atoms with van der Waals surface area (Å²) in [5.74, 6) is -0.138. The Morgan fingerprint density at radius 1 is 1.14 bits per heavy atom. The van der Waals surface area contributed by atoms with Gasteiger partial charge in [0.2, 0.25) is 0 Å². The molecular weight excluding hydrogens is 262 g/mol. The highest BCUT2D eigenvalue weighted by molar-refractivity contribution is 6.06. The first-order chi connectivity index (χ1) is 9.90. The van der Waals surface area contributed by atoms with E-state index in [1.54, 1.807) is 18.2 Å². The molecule has 0 radical (unpaired) electrons. The second-order valence-electron chi connectivity index (χ2n) is 5.37. The molecule has 0 bridgehead atoms. The topological polar surface area (TPSA) is 58.4 Å². The fourth-order valence-electron chi connectivity index (χ4n) is 2.16. The molecule has 3 N–H and O–H groups in total. The van der Waals surface area contributed by atoms with Crippen LogP contribution < -0.4 is 16.0 Å². The van der Waals surface area contributed by atoms with Crippen molar-refractivity contribution in [1.82, 2.24) is 0 Å². The van der Waals surface area contributed by atoms with E-state index in [0.717, 1.165) is 22.5 Å². The standard InChI is InChI=1S/C17H21N3O/c1-11-10-13(20(3)4)8-9-16(11)19-17(21)14-6-5-7-15(18)12(14)2/h5-10H,18H2,1-4H3,(H,19,21). The Labute approximate surface area is 125 Å². The zero-order valence-corrected chi connectivity index (χ0v) is 12.9. The van der Waals surface area contributed by atoms with Gasteiger partial charge in [-0.3, -0.25) is 4.79 Å². The molecule has 1 amide bonds. The van der Waals surface area contributed by atoms with Gasteiger partial charge in [0.25, 0.3) is 5.91 Å². The molecule has 0 saturated heterocycles. The average molecular weight is 283 g/mol. The van der Waals surface area contributed by atoms with Crippen molar-refractivity contribution in [2.45, 2.75) is 13.8 Å². The highest BCUT2D eigenvalue weighted by Gasteiger charge is 2.12. The highest BCUT2D eigenvalue weighted by atomic mass is 16.1. The van der Waals surface area contributed by atoms with Gasteiger partial charge in [-0.2, -0.15) is 0 Å². The van der Waals surface area contributed by atoms with Crippen LogP contribution >= 0.6 is 0 Å². The second-order valence-corrected chi connectivity index (χ2v) is 5.37. The van der Waals surface area contributed by atoms with Gasteiger partial charge in [0.05, 0.1) is 0 Å². The number of carbonyl (C=O) groups excluding carboxylic acids is 1. The lowest BCUT2D eigenvalue weighted by atomic mass is 10.1. The number of nitrogen functional groups attached to an aromatic ring is 1. The van der Waals surface area contributed by atoms with E-state index in [2.05, 4.69) is 5.32 Å². The number of aryl methyl sites for hydroxylation is 1. The Bertz CT molecular complexity index is 678. The molecule has 0 aliphatic rings. The van der Waals surface area contributed by atoms with Crippen LogP contribution in [0.25, 0.3) is 0 Å². The van der Waals surface area contributed by atoms with E-state index >= 15 is 0 Å².